The average Bonchev–Trinajstić information content (AvgIpc) is 3.26. The Morgan fingerprint density at radius 2 is 2.00 bits per heavy atom. The van der Waals surface area contributed by atoms with Gasteiger partial charge in [0.25, 0.3) is 0 Å². The van der Waals surface area contributed by atoms with Crippen molar-refractivity contribution in [2.45, 2.75) is 18.8 Å². The molecule has 1 aliphatic rings. The first kappa shape index (κ1) is 17.2. The van der Waals surface area contributed by atoms with E-state index in [0.717, 1.165) is 11.1 Å². The molecule has 2 aromatic rings. The van der Waals surface area contributed by atoms with Crippen molar-refractivity contribution in [3.63, 3.8) is 0 Å². The maximum atomic E-state index is 12.6. The molecule has 132 valence electrons. The number of hydrogen-bond donors (Lipinski definition) is 0. The molecule has 0 saturated carbocycles. The van der Waals surface area contributed by atoms with E-state index in [1.807, 2.05) is 43.6 Å². The minimum Gasteiger partial charge on any atom is -0.469 e. The van der Waals surface area contributed by atoms with Gasteiger partial charge in [0.15, 0.2) is 0 Å². The SMILES string of the molecule is COC(=O)C1CN(C(=O)CCc2cnn(C)c2)CC1c1ccccc1. The van der Waals surface area contributed by atoms with Gasteiger partial charge in [0.1, 0.15) is 0 Å². The summed E-state index contributed by atoms with van der Waals surface area (Å²) < 4.78 is 6.69. The van der Waals surface area contributed by atoms with Crippen LogP contribution in [0.2, 0.25) is 0 Å². The summed E-state index contributed by atoms with van der Waals surface area (Å²) in [5.41, 5.74) is 2.11. The maximum absolute atomic E-state index is 12.6. The zero-order valence-electron chi connectivity index (χ0n) is 14.6. The molecule has 1 fully saturated rings. The summed E-state index contributed by atoms with van der Waals surface area (Å²) in [6.07, 6.45) is 4.77. The predicted molar refractivity (Wildman–Crippen MR) is 92.8 cm³/mol. The third-order valence-electron chi connectivity index (χ3n) is 4.79. The largest absolute Gasteiger partial charge is 0.469 e. The fraction of sp³-hybridized carbons (Fsp3) is 0.421. The Bertz CT molecular complexity index is 741. The fourth-order valence-electron chi connectivity index (χ4n) is 3.45. The molecule has 0 aliphatic carbocycles. The van der Waals surface area contributed by atoms with Crippen LogP contribution in [0.4, 0.5) is 0 Å². The number of nitrogens with zero attached hydrogens (tertiary/aromatic N) is 3. The molecule has 2 atom stereocenters. The minimum atomic E-state index is -0.310. The standard InChI is InChI=1S/C19H23N3O3/c1-21-11-14(10-20-21)8-9-18(23)22-12-16(15-6-4-3-5-7-15)17(13-22)19(24)25-2/h3-7,10-11,16-17H,8-9,12-13H2,1-2H3. The van der Waals surface area contributed by atoms with Gasteiger partial charge in [0.05, 0.1) is 19.2 Å². The molecule has 6 nitrogen and oxygen atoms in total. The van der Waals surface area contributed by atoms with Crippen LogP contribution in [-0.4, -0.2) is 46.8 Å². The van der Waals surface area contributed by atoms with Gasteiger partial charge in [-0.2, -0.15) is 5.10 Å². The second-order valence-corrected chi connectivity index (χ2v) is 6.47. The van der Waals surface area contributed by atoms with Gasteiger partial charge in [0.2, 0.25) is 5.91 Å². The van der Waals surface area contributed by atoms with Crippen LogP contribution in [0.15, 0.2) is 42.7 Å². The van der Waals surface area contributed by atoms with E-state index < -0.39 is 0 Å². The van der Waals surface area contributed by atoms with Crippen molar-refractivity contribution < 1.29 is 14.3 Å². The van der Waals surface area contributed by atoms with E-state index in [-0.39, 0.29) is 23.7 Å². The second-order valence-electron chi connectivity index (χ2n) is 6.47. The first-order valence-corrected chi connectivity index (χ1v) is 8.46. The summed E-state index contributed by atoms with van der Waals surface area (Å²) in [7, 11) is 3.26. The van der Waals surface area contributed by atoms with Gasteiger partial charge < -0.3 is 9.64 Å². The second kappa shape index (κ2) is 7.51. The van der Waals surface area contributed by atoms with Crippen molar-refractivity contribution >= 4 is 11.9 Å². The molecule has 6 heteroatoms. The Labute approximate surface area is 147 Å². The highest BCUT2D eigenvalue weighted by Gasteiger charge is 2.40. The van der Waals surface area contributed by atoms with Gasteiger partial charge >= 0.3 is 5.97 Å². The molecule has 0 radical (unpaired) electrons. The normalized spacial score (nSPS) is 19.8. The van der Waals surface area contributed by atoms with E-state index in [1.165, 1.54) is 7.11 Å². The molecular formula is C19H23N3O3. The number of aromatic nitrogens is 2. The van der Waals surface area contributed by atoms with Gasteiger partial charge in [-0.15, -0.1) is 0 Å². The van der Waals surface area contributed by atoms with Crippen molar-refractivity contribution in [3.8, 4) is 0 Å². The van der Waals surface area contributed by atoms with Crippen LogP contribution < -0.4 is 0 Å². The number of amides is 1. The van der Waals surface area contributed by atoms with Crippen LogP contribution in [0.3, 0.4) is 0 Å². The summed E-state index contributed by atoms with van der Waals surface area (Å²) in [5.74, 6) is -0.515. The number of benzene rings is 1. The quantitative estimate of drug-likeness (QED) is 0.778. The van der Waals surface area contributed by atoms with Crippen LogP contribution in [-0.2, 0) is 27.8 Å². The number of aryl methyl sites for hydroxylation is 2. The van der Waals surface area contributed by atoms with E-state index in [0.29, 0.717) is 25.9 Å². The lowest BCUT2D eigenvalue weighted by Gasteiger charge is -2.16. The van der Waals surface area contributed by atoms with E-state index in [1.54, 1.807) is 15.8 Å². The molecule has 2 unspecified atom stereocenters. The molecule has 25 heavy (non-hydrogen) atoms. The molecule has 0 N–H and O–H groups in total. The Morgan fingerprint density at radius 3 is 2.64 bits per heavy atom. The lowest BCUT2D eigenvalue weighted by Crippen LogP contribution is -2.30. The fourth-order valence-corrected chi connectivity index (χ4v) is 3.45. The third kappa shape index (κ3) is 3.90. The predicted octanol–water partition coefficient (Wildman–Crippen LogP) is 1.77. The monoisotopic (exact) mass is 341 g/mol. The number of rotatable bonds is 5. The smallest absolute Gasteiger partial charge is 0.311 e. The molecule has 2 heterocycles. The summed E-state index contributed by atoms with van der Waals surface area (Å²) in [6, 6.07) is 9.87. The zero-order valence-corrected chi connectivity index (χ0v) is 14.6. The molecule has 0 bridgehead atoms. The van der Waals surface area contributed by atoms with Crippen LogP contribution in [0.1, 0.15) is 23.5 Å². The Balaban J connectivity index is 1.68. The van der Waals surface area contributed by atoms with Crippen LogP contribution in [0.5, 0.6) is 0 Å². The highest BCUT2D eigenvalue weighted by Crippen LogP contribution is 2.33. The number of ether oxygens (including phenoxy) is 1. The van der Waals surface area contributed by atoms with Crippen molar-refractivity contribution in [2.75, 3.05) is 20.2 Å². The Hall–Kier alpha value is -2.63. The van der Waals surface area contributed by atoms with Crippen molar-refractivity contribution in [3.05, 3.63) is 53.9 Å². The first-order valence-electron chi connectivity index (χ1n) is 8.46. The Kier molecular flexibility index (Phi) is 5.16. The first-order chi connectivity index (χ1) is 12.1. The van der Waals surface area contributed by atoms with Gasteiger partial charge in [-0.1, -0.05) is 30.3 Å². The third-order valence-corrected chi connectivity index (χ3v) is 4.79. The number of carbonyl (C=O) groups excluding carboxylic acids is 2. The van der Waals surface area contributed by atoms with Gasteiger partial charge in [0, 0.05) is 38.7 Å². The molecule has 1 amide bonds. The average molecular weight is 341 g/mol. The molecule has 1 aliphatic heterocycles. The van der Waals surface area contributed by atoms with E-state index in [2.05, 4.69) is 5.10 Å². The van der Waals surface area contributed by atoms with Crippen LogP contribution in [0, 0.1) is 5.92 Å². The van der Waals surface area contributed by atoms with Crippen LogP contribution >= 0.6 is 0 Å². The molecule has 3 rings (SSSR count). The lowest BCUT2D eigenvalue weighted by molar-refractivity contribution is -0.145. The van der Waals surface area contributed by atoms with Gasteiger partial charge in [-0.25, -0.2) is 0 Å². The Morgan fingerprint density at radius 1 is 1.24 bits per heavy atom. The van der Waals surface area contributed by atoms with E-state index in [9.17, 15) is 9.59 Å². The minimum absolute atomic E-state index is 0.0176. The molecule has 0 spiro atoms. The molecule has 1 saturated heterocycles. The number of likely N-dealkylation sites (tertiary alicyclic amines) is 1. The van der Waals surface area contributed by atoms with Gasteiger partial charge in [-0.05, 0) is 17.5 Å². The van der Waals surface area contributed by atoms with Crippen molar-refractivity contribution in [1.82, 2.24) is 14.7 Å². The van der Waals surface area contributed by atoms with Crippen molar-refractivity contribution in [1.29, 1.82) is 0 Å². The van der Waals surface area contributed by atoms with Gasteiger partial charge in [-0.3, -0.25) is 14.3 Å². The topological polar surface area (TPSA) is 64.4 Å². The van der Waals surface area contributed by atoms with Crippen LogP contribution in [0.25, 0.3) is 0 Å². The summed E-state index contributed by atoms with van der Waals surface area (Å²) in [6.45, 7) is 0.966. The lowest BCUT2D eigenvalue weighted by atomic mass is 9.89. The molecule has 1 aromatic heterocycles. The number of methoxy groups -OCH3 is 1. The maximum Gasteiger partial charge on any atom is 0.311 e. The number of esters is 1. The summed E-state index contributed by atoms with van der Waals surface area (Å²) in [5, 5.41) is 4.12. The molecule has 1 aromatic carbocycles. The zero-order chi connectivity index (χ0) is 17.8. The van der Waals surface area contributed by atoms with E-state index in [4.69, 9.17) is 4.74 Å². The highest BCUT2D eigenvalue weighted by molar-refractivity contribution is 5.80. The van der Waals surface area contributed by atoms with Crippen molar-refractivity contribution in [2.24, 2.45) is 13.0 Å². The number of carbonyl (C=O) groups is 2. The van der Waals surface area contributed by atoms with E-state index >= 15 is 0 Å². The summed E-state index contributed by atoms with van der Waals surface area (Å²) in [4.78, 5) is 26.6. The molecular weight excluding hydrogens is 318 g/mol. The highest BCUT2D eigenvalue weighted by atomic mass is 16.5. The number of hydrogen-bond acceptors (Lipinski definition) is 4. The summed E-state index contributed by atoms with van der Waals surface area (Å²) >= 11 is 0.